The fourth-order valence-electron chi connectivity index (χ4n) is 1.31. The van der Waals surface area contributed by atoms with Gasteiger partial charge in [0.2, 0.25) is 0 Å². The van der Waals surface area contributed by atoms with Crippen molar-refractivity contribution >= 4 is 11.9 Å². The van der Waals surface area contributed by atoms with Gasteiger partial charge in [0.15, 0.2) is 5.78 Å². The lowest BCUT2D eigenvalue weighted by molar-refractivity contribution is 0.0496. The Hall–Kier alpha value is -1.91. The minimum absolute atomic E-state index is 0.200. The number of aromatic nitrogens is 1. The number of ketones is 1. The Morgan fingerprint density at radius 3 is 2.56 bits per heavy atom. The van der Waals surface area contributed by atoms with E-state index in [2.05, 4.69) is 10.3 Å². The van der Waals surface area contributed by atoms with Crippen LogP contribution in [0.4, 0.5) is 4.79 Å². The highest BCUT2D eigenvalue weighted by molar-refractivity contribution is 6.00. The maximum atomic E-state index is 11.9. The van der Waals surface area contributed by atoms with Gasteiger partial charge in [-0.05, 0) is 39.8 Å². The summed E-state index contributed by atoms with van der Waals surface area (Å²) in [5.41, 5.74) is -0.123. The minimum Gasteiger partial charge on any atom is -0.444 e. The summed E-state index contributed by atoms with van der Waals surface area (Å²) in [6.45, 7) is 6.90. The number of ether oxygens (including phenoxy) is 1. The smallest absolute Gasteiger partial charge is 0.408 e. The molecule has 1 aromatic heterocycles. The van der Waals surface area contributed by atoms with Crippen LogP contribution in [-0.4, -0.2) is 28.5 Å². The zero-order valence-corrected chi connectivity index (χ0v) is 11.1. The van der Waals surface area contributed by atoms with Crippen molar-refractivity contribution in [2.24, 2.45) is 0 Å². The first-order valence-corrected chi connectivity index (χ1v) is 5.73. The first-order valence-electron chi connectivity index (χ1n) is 5.73. The normalized spacial score (nSPS) is 12.7. The topological polar surface area (TPSA) is 68.3 Å². The van der Waals surface area contributed by atoms with Gasteiger partial charge in [-0.1, -0.05) is 0 Å². The molecule has 0 radical (unpaired) electrons. The molecule has 0 aliphatic carbocycles. The van der Waals surface area contributed by atoms with E-state index in [1.54, 1.807) is 46.0 Å². The average molecular weight is 250 g/mol. The van der Waals surface area contributed by atoms with Crippen molar-refractivity contribution in [3.05, 3.63) is 30.1 Å². The van der Waals surface area contributed by atoms with Crippen molar-refractivity contribution in [1.29, 1.82) is 0 Å². The summed E-state index contributed by atoms with van der Waals surface area (Å²) in [6, 6.07) is 2.68. The van der Waals surface area contributed by atoms with Crippen LogP contribution >= 0.6 is 0 Å². The third-order valence-corrected chi connectivity index (χ3v) is 2.07. The molecule has 0 fully saturated rings. The molecule has 98 valence electrons. The number of carbonyl (C=O) groups is 2. The van der Waals surface area contributed by atoms with Gasteiger partial charge >= 0.3 is 6.09 Å². The van der Waals surface area contributed by atoms with E-state index >= 15 is 0 Å². The first-order chi connectivity index (χ1) is 8.29. The lowest BCUT2D eigenvalue weighted by atomic mass is 10.1. The second-order valence-electron chi connectivity index (χ2n) is 4.97. The van der Waals surface area contributed by atoms with Crippen LogP contribution in [0, 0.1) is 0 Å². The molecule has 0 spiro atoms. The zero-order valence-electron chi connectivity index (χ0n) is 11.1. The summed E-state index contributed by atoms with van der Waals surface area (Å²) >= 11 is 0. The molecule has 18 heavy (non-hydrogen) atoms. The fraction of sp³-hybridized carbons (Fsp3) is 0.462. The van der Waals surface area contributed by atoms with E-state index in [1.807, 2.05) is 0 Å². The Balaban J connectivity index is 2.59. The van der Waals surface area contributed by atoms with Crippen molar-refractivity contribution in [3.63, 3.8) is 0 Å². The maximum Gasteiger partial charge on any atom is 0.408 e. The van der Waals surface area contributed by atoms with Crippen LogP contribution in [-0.2, 0) is 4.74 Å². The molecule has 1 atom stereocenters. The highest BCUT2D eigenvalue weighted by atomic mass is 16.6. The highest BCUT2D eigenvalue weighted by Crippen LogP contribution is 2.07. The number of rotatable bonds is 3. The van der Waals surface area contributed by atoms with E-state index in [4.69, 9.17) is 4.74 Å². The van der Waals surface area contributed by atoms with Crippen molar-refractivity contribution in [3.8, 4) is 0 Å². The van der Waals surface area contributed by atoms with E-state index < -0.39 is 17.7 Å². The van der Waals surface area contributed by atoms with Gasteiger partial charge in [-0.3, -0.25) is 9.78 Å². The third kappa shape index (κ3) is 4.53. The molecule has 1 amide bonds. The molecule has 0 bridgehead atoms. The summed E-state index contributed by atoms with van der Waals surface area (Å²) in [7, 11) is 0. The molecule has 0 unspecified atom stereocenters. The van der Waals surface area contributed by atoms with Gasteiger partial charge in [0.1, 0.15) is 5.60 Å². The second-order valence-corrected chi connectivity index (χ2v) is 4.97. The maximum absolute atomic E-state index is 11.9. The lowest BCUT2D eigenvalue weighted by Gasteiger charge is -2.21. The summed E-state index contributed by atoms with van der Waals surface area (Å²) in [4.78, 5) is 27.3. The third-order valence-electron chi connectivity index (χ3n) is 2.07. The monoisotopic (exact) mass is 250 g/mol. The molecule has 1 heterocycles. The van der Waals surface area contributed by atoms with Crippen LogP contribution in [0.3, 0.4) is 0 Å². The van der Waals surface area contributed by atoms with Crippen LogP contribution < -0.4 is 5.32 Å². The molecule has 0 saturated heterocycles. The molecule has 5 heteroatoms. The highest BCUT2D eigenvalue weighted by Gasteiger charge is 2.21. The van der Waals surface area contributed by atoms with E-state index in [0.717, 1.165) is 0 Å². The van der Waals surface area contributed by atoms with Crippen molar-refractivity contribution in [1.82, 2.24) is 10.3 Å². The lowest BCUT2D eigenvalue weighted by Crippen LogP contribution is -2.41. The van der Waals surface area contributed by atoms with Gasteiger partial charge in [0, 0.05) is 18.0 Å². The molecule has 0 saturated carbocycles. The average Bonchev–Trinajstić information content (AvgIpc) is 2.26. The number of pyridine rings is 1. The standard InChI is InChI=1S/C13H18N2O3/c1-9(15-12(17)18-13(2,3)4)11(16)10-6-5-7-14-8-10/h5-9H,1-4H3,(H,15,17)/t9-/m1/s1. The summed E-state index contributed by atoms with van der Waals surface area (Å²) < 4.78 is 5.08. The molecule has 0 aromatic carbocycles. The van der Waals surface area contributed by atoms with Crippen LogP contribution in [0.25, 0.3) is 0 Å². The number of carbonyl (C=O) groups excluding carboxylic acids is 2. The SMILES string of the molecule is C[C@@H](NC(=O)OC(C)(C)C)C(=O)c1cccnc1. The number of nitrogens with zero attached hydrogens (tertiary/aromatic N) is 1. The minimum atomic E-state index is -0.649. The van der Waals surface area contributed by atoms with E-state index in [-0.39, 0.29) is 5.78 Å². The second kappa shape index (κ2) is 5.62. The van der Waals surface area contributed by atoms with Gasteiger partial charge in [-0.25, -0.2) is 4.79 Å². The van der Waals surface area contributed by atoms with Crippen molar-refractivity contribution in [2.45, 2.75) is 39.3 Å². The number of Topliss-reactive ketones (excluding diaryl/α,β-unsaturated/α-hetero) is 1. The van der Waals surface area contributed by atoms with Gasteiger partial charge in [0.25, 0.3) is 0 Å². The number of alkyl carbamates (subject to hydrolysis) is 1. The van der Waals surface area contributed by atoms with Gasteiger partial charge in [-0.15, -0.1) is 0 Å². The largest absolute Gasteiger partial charge is 0.444 e. The number of amides is 1. The van der Waals surface area contributed by atoms with Crippen molar-refractivity contribution in [2.75, 3.05) is 0 Å². The molecule has 1 rings (SSSR count). The van der Waals surface area contributed by atoms with Crippen LogP contribution in [0.2, 0.25) is 0 Å². The Morgan fingerprint density at radius 1 is 1.39 bits per heavy atom. The molecule has 1 N–H and O–H groups in total. The van der Waals surface area contributed by atoms with E-state index in [1.165, 1.54) is 6.20 Å². The Bertz CT molecular complexity index is 424. The predicted molar refractivity (Wildman–Crippen MR) is 67.4 cm³/mol. The first kappa shape index (κ1) is 14.2. The molecular formula is C13H18N2O3. The molecule has 0 aliphatic rings. The van der Waals surface area contributed by atoms with Gasteiger partial charge < -0.3 is 10.1 Å². The molecular weight excluding hydrogens is 232 g/mol. The van der Waals surface area contributed by atoms with E-state index in [0.29, 0.717) is 5.56 Å². The summed E-state index contributed by atoms with van der Waals surface area (Å²) in [5.74, 6) is -0.200. The van der Waals surface area contributed by atoms with Crippen molar-refractivity contribution < 1.29 is 14.3 Å². The number of hydrogen-bond acceptors (Lipinski definition) is 4. The van der Waals surface area contributed by atoms with Gasteiger partial charge in [0.05, 0.1) is 6.04 Å². The summed E-state index contributed by atoms with van der Waals surface area (Å²) in [6.07, 6.45) is 2.45. The Labute approximate surface area is 107 Å². The molecule has 0 aliphatic heterocycles. The number of hydrogen-bond donors (Lipinski definition) is 1. The molecule has 1 aromatic rings. The Morgan fingerprint density at radius 2 is 2.06 bits per heavy atom. The van der Waals surface area contributed by atoms with Crippen LogP contribution in [0.5, 0.6) is 0 Å². The fourth-order valence-corrected chi connectivity index (χ4v) is 1.31. The van der Waals surface area contributed by atoms with Crippen LogP contribution in [0.15, 0.2) is 24.5 Å². The van der Waals surface area contributed by atoms with Gasteiger partial charge in [-0.2, -0.15) is 0 Å². The Kier molecular flexibility index (Phi) is 4.42. The predicted octanol–water partition coefficient (Wildman–Crippen LogP) is 2.18. The number of nitrogens with one attached hydrogen (secondary N) is 1. The summed E-state index contributed by atoms with van der Waals surface area (Å²) in [5, 5.41) is 2.50. The zero-order chi connectivity index (χ0) is 13.8. The quantitative estimate of drug-likeness (QED) is 0.835. The van der Waals surface area contributed by atoms with E-state index in [9.17, 15) is 9.59 Å². The molecule has 5 nitrogen and oxygen atoms in total. The van der Waals surface area contributed by atoms with Crippen LogP contribution in [0.1, 0.15) is 38.1 Å².